The standard InChI is InChI=1S/C21H23N5O2/c27-20(9-12-26-14-23-18-3-1-2-4-19(18)26)24-16-5-6-17(13-16)25-21(28)15-7-10-22-11-8-15/h1-4,7-8,10-11,14,16-17H,5-6,9,12-13H2,(H,24,27)(H,25,28)/t16-,17+/m0/s1. The van der Waals surface area contributed by atoms with E-state index in [4.69, 9.17) is 0 Å². The maximum Gasteiger partial charge on any atom is 0.251 e. The molecule has 1 aliphatic rings. The first-order chi connectivity index (χ1) is 13.7. The van der Waals surface area contributed by atoms with Crippen LogP contribution in [-0.2, 0) is 11.3 Å². The summed E-state index contributed by atoms with van der Waals surface area (Å²) in [6, 6.07) is 11.5. The number of carbonyl (C=O) groups excluding carboxylic acids is 2. The van der Waals surface area contributed by atoms with E-state index in [9.17, 15) is 9.59 Å². The lowest BCUT2D eigenvalue weighted by Crippen LogP contribution is -2.37. The molecule has 28 heavy (non-hydrogen) atoms. The quantitative estimate of drug-likeness (QED) is 0.690. The Morgan fingerprint density at radius 3 is 2.61 bits per heavy atom. The highest BCUT2D eigenvalue weighted by Crippen LogP contribution is 2.20. The van der Waals surface area contributed by atoms with E-state index in [2.05, 4.69) is 20.6 Å². The number of rotatable bonds is 6. The molecule has 2 aromatic heterocycles. The van der Waals surface area contributed by atoms with Crippen LogP contribution < -0.4 is 10.6 Å². The van der Waals surface area contributed by atoms with Crippen LogP contribution in [0.4, 0.5) is 0 Å². The molecule has 0 saturated heterocycles. The zero-order valence-corrected chi connectivity index (χ0v) is 15.5. The van der Waals surface area contributed by atoms with Crippen LogP contribution >= 0.6 is 0 Å². The highest BCUT2D eigenvalue weighted by Gasteiger charge is 2.27. The number of aromatic nitrogens is 3. The Bertz CT molecular complexity index is 969. The van der Waals surface area contributed by atoms with Crippen molar-refractivity contribution in [2.45, 2.75) is 44.3 Å². The Hall–Kier alpha value is -3.22. The lowest BCUT2D eigenvalue weighted by atomic mass is 10.2. The van der Waals surface area contributed by atoms with Crippen molar-refractivity contribution in [1.82, 2.24) is 25.2 Å². The number of para-hydroxylation sites is 2. The van der Waals surface area contributed by atoms with Crippen LogP contribution in [0.2, 0.25) is 0 Å². The number of aryl methyl sites for hydroxylation is 1. The number of hydrogen-bond donors (Lipinski definition) is 2. The van der Waals surface area contributed by atoms with Gasteiger partial charge in [-0.2, -0.15) is 0 Å². The van der Waals surface area contributed by atoms with E-state index < -0.39 is 0 Å². The predicted molar refractivity (Wildman–Crippen MR) is 106 cm³/mol. The van der Waals surface area contributed by atoms with Gasteiger partial charge >= 0.3 is 0 Å². The van der Waals surface area contributed by atoms with E-state index in [0.717, 1.165) is 30.3 Å². The van der Waals surface area contributed by atoms with Crippen molar-refractivity contribution in [3.05, 3.63) is 60.7 Å². The summed E-state index contributed by atoms with van der Waals surface area (Å²) in [5.74, 6) is -0.0600. The second-order valence-electron chi connectivity index (χ2n) is 7.16. The molecular formula is C21H23N5O2. The minimum Gasteiger partial charge on any atom is -0.353 e. The molecule has 2 N–H and O–H groups in total. The molecule has 1 saturated carbocycles. The van der Waals surface area contributed by atoms with Crippen molar-refractivity contribution in [1.29, 1.82) is 0 Å². The average Bonchev–Trinajstić information content (AvgIpc) is 3.34. The van der Waals surface area contributed by atoms with Gasteiger partial charge < -0.3 is 15.2 Å². The number of carbonyl (C=O) groups is 2. The van der Waals surface area contributed by atoms with Gasteiger partial charge in [0, 0.05) is 43.0 Å². The van der Waals surface area contributed by atoms with Crippen LogP contribution in [0.1, 0.15) is 36.0 Å². The molecule has 1 fully saturated rings. The van der Waals surface area contributed by atoms with Crippen molar-refractivity contribution >= 4 is 22.8 Å². The van der Waals surface area contributed by atoms with E-state index in [-0.39, 0.29) is 23.9 Å². The maximum atomic E-state index is 12.3. The molecule has 7 heteroatoms. The third kappa shape index (κ3) is 4.19. The fourth-order valence-electron chi connectivity index (χ4n) is 3.73. The number of nitrogens with zero attached hydrogens (tertiary/aromatic N) is 3. The molecule has 0 aliphatic heterocycles. The molecule has 144 valence electrons. The topological polar surface area (TPSA) is 88.9 Å². The van der Waals surface area contributed by atoms with Gasteiger partial charge in [0.15, 0.2) is 0 Å². The molecule has 0 bridgehead atoms. The number of benzene rings is 1. The molecule has 4 rings (SSSR count). The van der Waals surface area contributed by atoms with Gasteiger partial charge in [-0.1, -0.05) is 12.1 Å². The number of imidazole rings is 1. The fraction of sp³-hybridized carbons (Fsp3) is 0.333. The van der Waals surface area contributed by atoms with E-state index in [1.54, 1.807) is 30.9 Å². The van der Waals surface area contributed by atoms with Crippen molar-refractivity contribution < 1.29 is 9.59 Å². The summed E-state index contributed by atoms with van der Waals surface area (Å²) >= 11 is 0. The molecule has 1 aromatic carbocycles. The van der Waals surface area contributed by atoms with E-state index in [1.165, 1.54) is 0 Å². The molecule has 2 amide bonds. The normalized spacial score (nSPS) is 18.9. The van der Waals surface area contributed by atoms with Gasteiger partial charge in [0.2, 0.25) is 5.91 Å². The maximum absolute atomic E-state index is 12.3. The second-order valence-corrected chi connectivity index (χ2v) is 7.16. The second kappa shape index (κ2) is 8.21. The van der Waals surface area contributed by atoms with E-state index >= 15 is 0 Å². The Kier molecular flexibility index (Phi) is 5.32. The fourth-order valence-corrected chi connectivity index (χ4v) is 3.73. The zero-order valence-electron chi connectivity index (χ0n) is 15.5. The highest BCUT2D eigenvalue weighted by molar-refractivity contribution is 5.94. The lowest BCUT2D eigenvalue weighted by molar-refractivity contribution is -0.121. The van der Waals surface area contributed by atoms with Gasteiger partial charge in [-0.25, -0.2) is 4.98 Å². The minimum atomic E-state index is -0.0913. The van der Waals surface area contributed by atoms with Gasteiger partial charge in [0.1, 0.15) is 0 Å². The predicted octanol–water partition coefficient (Wildman–Crippen LogP) is 2.29. The van der Waals surface area contributed by atoms with Crippen molar-refractivity contribution in [2.75, 3.05) is 0 Å². The van der Waals surface area contributed by atoms with E-state index in [0.29, 0.717) is 18.5 Å². The van der Waals surface area contributed by atoms with Crippen LogP contribution in [-0.4, -0.2) is 38.4 Å². The summed E-state index contributed by atoms with van der Waals surface area (Å²) < 4.78 is 2.00. The van der Waals surface area contributed by atoms with Crippen LogP contribution in [0.25, 0.3) is 11.0 Å². The third-order valence-corrected chi connectivity index (χ3v) is 5.18. The Labute approximate surface area is 163 Å². The lowest BCUT2D eigenvalue weighted by Gasteiger charge is -2.15. The number of hydrogen-bond acceptors (Lipinski definition) is 4. The summed E-state index contributed by atoms with van der Waals surface area (Å²) in [7, 11) is 0. The molecule has 7 nitrogen and oxygen atoms in total. The van der Waals surface area contributed by atoms with Gasteiger partial charge in [-0.15, -0.1) is 0 Å². The highest BCUT2D eigenvalue weighted by atomic mass is 16.2. The summed E-state index contributed by atoms with van der Waals surface area (Å²) in [5, 5.41) is 6.14. The molecular weight excluding hydrogens is 354 g/mol. The Balaban J connectivity index is 1.24. The van der Waals surface area contributed by atoms with Crippen LogP contribution in [0, 0.1) is 0 Å². The van der Waals surface area contributed by atoms with Gasteiger partial charge in [-0.05, 0) is 43.5 Å². The average molecular weight is 377 g/mol. The van der Waals surface area contributed by atoms with Crippen molar-refractivity contribution in [3.8, 4) is 0 Å². The number of amides is 2. The van der Waals surface area contributed by atoms with Gasteiger partial charge in [-0.3, -0.25) is 14.6 Å². The van der Waals surface area contributed by atoms with E-state index in [1.807, 2.05) is 28.8 Å². The first-order valence-electron chi connectivity index (χ1n) is 9.59. The molecule has 0 radical (unpaired) electrons. The summed E-state index contributed by atoms with van der Waals surface area (Å²) in [4.78, 5) is 32.9. The van der Waals surface area contributed by atoms with Gasteiger partial charge in [0.05, 0.1) is 17.4 Å². The molecule has 0 spiro atoms. The summed E-state index contributed by atoms with van der Waals surface area (Å²) in [6.07, 6.45) is 7.90. The largest absolute Gasteiger partial charge is 0.353 e. The molecule has 3 aromatic rings. The minimum absolute atomic E-state index is 0.0314. The first kappa shape index (κ1) is 18.2. The van der Waals surface area contributed by atoms with Gasteiger partial charge in [0.25, 0.3) is 5.91 Å². The Morgan fingerprint density at radius 1 is 1.04 bits per heavy atom. The molecule has 2 heterocycles. The first-order valence-corrected chi connectivity index (χ1v) is 9.59. The third-order valence-electron chi connectivity index (χ3n) is 5.18. The SMILES string of the molecule is O=C(CCn1cnc2ccccc21)N[C@H]1CC[C@@H](NC(=O)c2ccncc2)C1. The molecule has 0 unspecified atom stereocenters. The number of pyridine rings is 1. The molecule has 1 aliphatic carbocycles. The van der Waals surface area contributed by atoms with Crippen molar-refractivity contribution in [3.63, 3.8) is 0 Å². The number of fused-ring (bicyclic) bond motifs is 1. The monoisotopic (exact) mass is 377 g/mol. The van der Waals surface area contributed by atoms with Crippen LogP contribution in [0.15, 0.2) is 55.1 Å². The zero-order chi connectivity index (χ0) is 19.3. The Morgan fingerprint density at radius 2 is 1.79 bits per heavy atom. The number of nitrogens with one attached hydrogen (secondary N) is 2. The van der Waals surface area contributed by atoms with Crippen LogP contribution in [0.3, 0.4) is 0 Å². The summed E-state index contributed by atoms with van der Waals surface area (Å²) in [5.41, 5.74) is 2.58. The molecule has 2 atom stereocenters. The summed E-state index contributed by atoms with van der Waals surface area (Å²) in [6.45, 7) is 0.598. The van der Waals surface area contributed by atoms with Crippen LogP contribution in [0.5, 0.6) is 0 Å². The van der Waals surface area contributed by atoms with Crippen molar-refractivity contribution in [2.24, 2.45) is 0 Å². The smallest absolute Gasteiger partial charge is 0.251 e.